The van der Waals surface area contributed by atoms with Gasteiger partial charge in [0.25, 0.3) is 11.1 Å². The third-order valence-corrected chi connectivity index (χ3v) is 1.91. The first kappa shape index (κ1) is 11.4. The largest absolute Gasteiger partial charge is 0.474 e. The van der Waals surface area contributed by atoms with Gasteiger partial charge in [-0.05, 0) is 23.9 Å². The third-order valence-electron chi connectivity index (χ3n) is 1.64. The highest BCUT2D eigenvalue weighted by atomic mass is 32.1. The molecule has 0 atom stereocenters. The second-order valence-electron chi connectivity index (χ2n) is 2.72. The van der Waals surface area contributed by atoms with Crippen molar-refractivity contribution in [2.45, 2.75) is 0 Å². The number of methoxy groups -OCH3 is 1. The van der Waals surface area contributed by atoms with Crippen molar-refractivity contribution in [1.29, 1.82) is 0 Å². The molecule has 15 heavy (non-hydrogen) atoms. The zero-order chi connectivity index (χ0) is 11.1. The Bertz CT molecular complexity index is 373. The monoisotopic (exact) mass is 221 g/mol. The second kappa shape index (κ2) is 5.93. The Balaban J connectivity index is 2.52. The van der Waals surface area contributed by atoms with E-state index >= 15 is 0 Å². The van der Waals surface area contributed by atoms with Crippen molar-refractivity contribution in [3.05, 3.63) is 42.0 Å². The molecule has 0 saturated heterocycles. The van der Waals surface area contributed by atoms with E-state index in [1.807, 2.05) is 30.3 Å². The van der Waals surface area contributed by atoms with Crippen molar-refractivity contribution in [3.63, 3.8) is 0 Å². The first-order valence-electron chi connectivity index (χ1n) is 4.34. The predicted molar refractivity (Wildman–Crippen MR) is 63.2 cm³/mol. The minimum absolute atomic E-state index is 0.0673. The van der Waals surface area contributed by atoms with Crippen LogP contribution >= 0.6 is 12.2 Å². The standard InChI is InChI=1S/C11H11NO2S/c1-14-11(15)12-10(13)8-7-9-5-3-2-4-6-9/h2-8H,1H3,(H,12,13,15). The van der Waals surface area contributed by atoms with E-state index in [1.165, 1.54) is 13.2 Å². The van der Waals surface area contributed by atoms with Gasteiger partial charge in [0.15, 0.2) is 0 Å². The van der Waals surface area contributed by atoms with Gasteiger partial charge in [0.1, 0.15) is 0 Å². The summed E-state index contributed by atoms with van der Waals surface area (Å²) in [4.78, 5) is 11.2. The maximum atomic E-state index is 11.2. The van der Waals surface area contributed by atoms with E-state index in [9.17, 15) is 4.79 Å². The van der Waals surface area contributed by atoms with Crippen molar-refractivity contribution in [2.75, 3.05) is 7.11 Å². The Kier molecular flexibility index (Phi) is 4.50. The number of carbonyl (C=O) groups is 1. The molecule has 0 fully saturated rings. The summed E-state index contributed by atoms with van der Waals surface area (Å²) < 4.78 is 4.64. The van der Waals surface area contributed by atoms with Gasteiger partial charge in [-0.25, -0.2) is 0 Å². The zero-order valence-corrected chi connectivity index (χ0v) is 9.08. The highest BCUT2D eigenvalue weighted by molar-refractivity contribution is 7.80. The lowest BCUT2D eigenvalue weighted by atomic mass is 10.2. The fourth-order valence-corrected chi connectivity index (χ4v) is 1.03. The summed E-state index contributed by atoms with van der Waals surface area (Å²) in [6.07, 6.45) is 3.11. The van der Waals surface area contributed by atoms with Crippen LogP contribution in [0.1, 0.15) is 5.56 Å². The Morgan fingerprint density at radius 1 is 1.40 bits per heavy atom. The van der Waals surface area contributed by atoms with Crippen LogP contribution in [-0.2, 0) is 9.53 Å². The van der Waals surface area contributed by atoms with E-state index in [1.54, 1.807) is 6.08 Å². The smallest absolute Gasteiger partial charge is 0.263 e. The van der Waals surface area contributed by atoms with E-state index in [0.29, 0.717) is 0 Å². The molecule has 3 nitrogen and oxygen atoms in total. The van der Waals surface area contributed by atoms with Gasteiger partial charge in [-0.15, -0.1) is 0 Å². The van der Waals surface area contributed by atoms with Gasteiger partial charge in [0, 0.05) is 6.08 Å². The number of rotatable bonds is 2. The summed E-state index contributed by atoms with van der Waals surface area (Å²) in [5.41, 5.74) is 0.955. The first-order valence-corrected chi connectivity index (χ1v) is 4.75. The van der Waals surface area contributed by atoms with Crippen LogP contribution < -0.4 is 5.32 Å². The molecule has 0 aliphatic rings. The average molecular weight is 221 g/mol. The molecule has 1 aromatic carbocycles. The molecule has 1 rings (SSSR count). The molecule has 1 aromatic rings. The van der Waals surface area contributed by atoms with Crippen LogP contribution in [0.4, 0.5) is 0 Å². The van der Waals surface area contributed by atoms with Crippen molar-refractivity contribution < 1.29 is 9.53 Å². The van der Waals surface area contributed by atoms with E-state index < -0.39 is 0 Å². The van der Waals surface area contributed by atoms with Crippen LogP contribution in [0.2, 0.25) is 0 Å². The van der Waals surface area contributed by atoms with Crippen LogP contribution in [0.15, 0.2) is 36.4 Å². The molecular formula is C11H11NO2S. The van der Waals surface area contributed by atoms with Gasteiger partial charge in [-0.3, -0.25) is 10.1 Å². The van der Waals surface area contributed by atoms with Crippen molar-refractivity contribution in [2.24, 2.45) is 0 Å². The maximum absolute atomic E-state index is 11.2. The molecule has 0 aromatic heterocycles. The van der Waals surface area contributed by atoms with Gasteiger partial charge in [0.05, 0.1) is 7.11 Å². The Hall–Kier alpha value is -1.68. The summed E-state index contributed by atoms with van der Waals surface area (Å²) in [5, 5.41) is 2.45. The molecule has 4 heteroatoms. The first-order chi connectivity index (χ1) is 7.22. The minimum Gasteiger partial charge on any atom is -0.474 e. The van der Waals surface area contributed by atoms with Gasteiger partial charge in [-0.2, -0.15) is 0 Å². The molecule has 1 amide bonds. The average Bonchev–Trinajstić information content (AvgIpc) is 2.27. The Labute approximate surface area is 93.8 Å². The quantitative estimate of drug-likeness (QED) is 0.610. The highest BCUT2D eigenvalue weighted by Gasteiger charge is 1.98. The van der Waals surface area contributed by atoms with E-state index in [2.05, 4.69) is 22.3 Å². The Morgan fingerprint density at radius 3 is 2.67 bits per heavy atom. The molecule has 0 bridgehead atoms. The molecule has 0 saturated carbocycles. The van der Waals surface area contributed by atoms with Crippen LogP contribution in [0.3, 0.4) is 0 Å². The molecule has 0 heterocycles. The zero-order valence-electron chi connectivity index (χ0n) is 8.27. The number of amides is 1. The SMILES string of the molecule is COC(=S)NC(=O)C=Cc1ccccc1. The normalized spacial score (nSPS) is 9.93. The number of ether oxygens (including phenoxy) is 1. The maximum Gasteiger partial charge on any atom is 0.263 e. The van der Waals surface area contributed by atoms with Crippen LogP contribution in [-0.4, -0.2) is 18.2 Å². The van der Waals surface area contributed by atoms with Crippen molar-refractivity contribution in [3.8, 4) is 0 Å². The predicted octanol–water partition coefficient (Wildman–Crippen LogP) is 1.75. The lowest BCUT2D eigenvalue weighted by molar-refractivity contribution is -0.115. The number of hydrogen-bond donors (Lipinski definition) is 1. The molecule has 0 unspecified atom stereocenters. The number of thiocarbonyl (C=S) groups is 1. The minimum atomic E-state index is -0.300. The second-order valence-corrected chi connectivity index (χ2v) is 3.10. The topological polar surface area (TPSA) is 38.3 Å². The summed E-state index contributed by atoms with van der Waals surface area (Å²) >= 11 is 4.67. The molecule has 0 spiro atoms. The fraction of sp³-hybridized carbons (Fsp3) is 0.0909. The van der Waals surface area contributed by atoms with E-state index in [4.69, 9.17) is 0 Å². The summed E-state index contributed by atoms with van der Waals surface area (Å²) in [7, 11) is 1.41. The van der Waals surface area contributed by atoms with Gasteiger partial charge in [-0.1, -0.05) is 30.3 Å². The summed E-state index contributed by atoms with van der Waals surface area (Å²) in [6, 6.07) is 9.52. The molecule has 0 aliphatic heterocycles. The number of hydrogen-bond acceptors (Lipinski definition) is 3. The summed E-state index contributed by atoms with van der Waals surface area (Å²) in [5.74, 6) is -0.300. The number of nitrogens with one attached hydrogen (secondary N) is 1. The van der Waals surface area contributed by atoms with E-state index in [0.717, 1.165) is 5.56 Å². The summed E-state index contributed by atoms with van der Waals surface area (Å²) in [6.45, 7) is 0. The fourth-order valence-electron chi connectivity index (χ4n) is 0.929. The lowest BCUT2D eigenvalue weighted by Crippen LogP contribution is -2.28. The van der Waals surface area contributed by atoms with Crippen LogP contribution in [0, 0.1) is 0 Å². The van der Waals surface area contributed by atoms with Crippen molar-refractivity contribution in [1.82, 2.24) is 5.32 Å². The van der Waals surface area contributed by atoms with Crippen LogP contribution in [0.25, 0.3) is 6.08 Å². The number of benzene rings is 1. The van der Waals surface area contributed by atoms with Crippen LogP contribution in [0.5, 0.6) is 0 Å². The third kappa shape index (κ3) is 4.37. The van der Waals surface area contributed by atoms with E-state index in [-0.39, 0.29) is 11.1 Å². The molecular weight excluding hydrogens is 210 g/mol. The highest BCUT2D eigenvalue weighted by Crippen LogP contribution is 2.00. The molecule has 78 valence electrons. The molecule has 1 N–H and O–H groups in total. The van der Waals surface area contributed by atoms with Gasteiger partial charge >= 0.3 is 0 Å². The lowest BCUT2D eigenvalue weighted by Gasteiger charge is -2.00. The molecule has 0 radical (unpaired) electrons. The van der Waals surface area contributed by atoms with Crippen molar-refractivity contribution >= 4 is 29.4 Å². The van der Waals surface area contributed by atoms with Gasteiger partial charge < -0.3 is 4.74 Å². The Morgan fingerprint density at radius 2 is 2.07 bits per heavy atom. The molecule has 0 aliphatic carbocycles. The number of carbonyl (C=O) groups excluding carboxylic acids is 1. The van der Waals surface area contributed by atoms with Gasteiger partial charge in [0.2, 0.25) is 0 Å².